The Morgan fingerprint density at radius 1 is 1.43 bits per heavy atom. The van der Waals surface area contributed by atoms with Gasteiger partial charge in [-0.25, -0.2) is 0 Å². The van der Waals surface area contributed by atoms with Gasteiger partial charge < -0.3 is 10.6 Å². The molecule has 0 unspecified atom stereocenters. The molecule has 82 valence electrons. The van der Waals surface area contributed by atoms with Gasteiger partial charge >= 0.3 is 0 Å². The molecule has 3 nitrogen and oxygen atoms in total. The van der Waals surface area contributed by atoms with Crippen LogP contribution in [-0.2, 0) is 4.79 Å². The number of hydrogen-bond acceptors (Lipinski definition) is 2. The van der Waals surface area contributed by atoms with Crippen molar-refractivity contribution in [1.82, 2.24) is 4.90 Å². The van der Waals surface area contributed by atoms with Gasteiger partial charge in [-0.1, -0.05) is 19.3 Å². The second-order valence-corrected chi connectivity index (χ2v) is 4.20. The Morgan fingerprint density at radius 2 is 2.00 bits per heavy atom. The molecule has 0 heterocycles. The summed E-state index contributed by atoms with van der Waals surface area (Å²) in [6.45, 7) is 4.60. The number of rotatable bonds is 3. The smallest absolute Gasteiger partial charge is 0.239 e. The molecule has 1 aliphatic carbocycles. The predicted octanol–water partition coefficient (Wildman–Crippen LogP) is 1.51. The van der Waals surface area contributed by atoms with Gasteiger partial charge in [-0.3, -0.25) is 4.79 Å². The first-order chi connectivity index (χ1) is 6.66. The number of nitrogens with zero attached hydrogens (tertiary/aromatic N) is 1. The van der Waals surface area contributed by atoms with Crippen LogP contribution in [0.4, 0.5) is 0 Å². The molecule has 0 saturated heterocycles. The van der Waals surface area contributed by atoms with Crippen LogP contribution in [0.15, 0.2) is 0 Å². The summed E-state index contributed by atoms with van der Waals surface area (Å²) in [5.41, 5.74) is 5.63. The Labute approximate surface area is 86.6 Å². The van der Waals surface area contributed by atoms with Crippen LogP contribution in [0, 0.1) is 0 Å². The molecule has 1 rings (SSSR count). The lowest BCUT2D eigenvalue weighted by Gasteiger charge is -2.34. The first-order valence-electron chi connectivity index (χ1n) is 5.73. The second kappa shape index (κ2) is 5.35. The van der Waals surface area contributed by atoms with E-state index in [1.54, 1.807) is 6.92 Å². The van der Waals surface area contributed by atoms with Crippen molar-refractivity contribution in [1.29, 1.82) is 0 Å². The Hall–Kier alpha value is -0.570. The summed E-state index contributed by atoms with van der Waals surface area (Å²) in [6.07, 6.45) is 6.15. The van der Waals surface area contributed by atoms with Crippen LogP contribution in [0.25, 0.3) is 0 Å². The third-order valence-electron chi connectivity index (χ3n) is 3.03. The highest BCUT2D eigenvalue weighted by molar-refractivity contribution is 5.81. The summed E-state index contributed by atoms with van der Waals surface area (Å²) in [7, 11) is 0. The highest BCUT2D eigenvalue weighted by Gasteiger charge is 2.25. The number of amides is 1. The monoisotopic (exact) mass is 198 g/mol. The maximum absolute atomic E-state index is 11.8. The largest absolute Gasteiger partial charge is 0.339 e. The van der Waals surface area contributed by atoms with E-state index < -0.39 is 0 Å². The number of likely N-dealkylation sites (N-methyl/N-ethyl adjacent to an activating group) is 1. The van der Waals surface area contributed by atoms with E-state index in [-0.39, 0.29) is 11.9 Å². The van der Waals surface area contributed by atoms with Gasteiger partial charge in [0.25, 0.3) is 0 Å². The minimum atomic E-state index is -0.350. The van der Waals surface area contributed by atoms with Crippen molar-refractivity contribution in [2.75, 3.05) is 6.54 Å². The van der Waals surface area contributed by atoms with Gasteiger partial charge in [0.05, 0.1) is 6.04 Å². The lowest BCUT2D eigenvalue weighted by molar-refractivity contribution is -0.134. The molecule has 0 bridgehead atoms. The number of carbonyl (C=O) groups excluding carboxylic acids is 1. The van der Waals surface area contributed by atoms with Gasteiger partial charge in [0, 0.05) is 12.6 Å². The van der Waals surface area contributed by atoms with Crippen LogP contribution >= 0.6 is 0 Å². The number of carbonyl (C=O) groups is 1. The third kappa shape index (κ3) is 2.71. The van der Waals surface area contributed by atoms with E-state index in [9.17, 15) is 4.79 Å². The summed E-state index contributed by atoms with van der Waals surface area (Å²) in [4.78, 5) is 13.7. The highest BCUT2D eigenvalue weighted by atomic mass is 16.2. The molecule has 14 heavy (non-hydrogen) atoms. The van der Waals surface area contributed by atoms with Crippen molar-refractivity contribution in [2.45, 2.75) is 58.0 Å². The molecule has 3 heteroatoms. The first kappa shape index (κ1) is 11.5. The van der Waals surface area contributed by atoms with E-state index >= 15 is 0 Å². The fraction of sp³-hybridized carbons (Fsp3) is 0.909. The van der Waals surface area contributed by atoms with Crippen LogP contribution in [0.5, 0.6) is 0 Å². The van der Waals surface area contributed by atoms with Crippen molar-refractivity contribution in [3.63, 3.8) is 0 Å². The zero-order chi connectivity index (χ0) is 10.6. The Kier molecular flexibility index (Phi) is 4.39. The molecule has 0 radical (unpaired) electrons. The maximum atomic E-state index is 11.8. The summed E-state index contributed by atoms with van der Waals surface area (Å²) in [5, 5.41) is 0. The van der Waals surface area contributed by atoms with Gasteiger partial charge in [0.2, 0.25) is 5.91 Å². The quantitative estimate of drug-likeness (QED) is 0.747. The van der Waals surface area contributed by atoms with Gasteiger partial charge in [-0.2, -0.15) is 0 Å². The minimum absolute atomic E-state index is 0.111. The first-order valence-corrected chi connectivity index (χ1v) is 5.73. The summed E-state index contributed by atoms with van der Waals surface area (Å²) in [6, 6.07) is 0.101. The van der Waals surface area contributed by atoms with Crippen molar-refractivity contribution in [2.24, 2.45) is 5.73 Å². The van der Waals surface area contributed by atoms with E-state index in [0.717, 1.165) is 19.4 Å². The fourth-order valence-electron chi connectivity index (χ4n) is 2.25. The zero-order valence-electron chi connectivity index (χ0n) is 9.33. The van der Waals surface area contributed by atoms with Crippen molar-refractivity contribution in [3.8, 4) is 0 Å². The topological polar surface area (TPSA) is 46.3 Å². The van der Waals surface area contributed by atoms with Crippen molar-refractivity contribution >= 4 is 5.91 Å². The van der Waals surface area contributed by atoms with Crippen molar-refractivity contribution in [3.05, 3.63) is 0 Å². The normalized spacial score (nSPS) is 20.5. The lowest BCUT2D eigenvalue weighted by atomic mass is 9.94. The molecule has 0 spiro atoms. The van der Waals surface area contributed by atoms with Gasteiger partial charge in [0.15, 0.2) is 0 Å². The summed E-state index contributed by atoms with van der Waals surface area (Å²) >= 11 is 0. The molecule has 0 aromatic rings. The summed E-state index contributed by atoms with van der Waals surface area (Å²) < 4.78 is 0. The third-order valence-corrected chi connectivity index (χ3v) is 3.03. The predicted molar refractivity (Wildman–Crippen MR) is 57.9 cm³/mol. The molecule has 0 aromatic carbocycles. The number of nitrogens with two attached hydrogens (primary N) is 1. The van der Waals surface area contributed by atoms with Crippen molar-refractivity contribution < 1.29 is 4.79 Å². The van der Waals surface area contributed by atoms with Crippen LogP contribution in [0.2, 0.25) is 0 Å². The molecule has 1 aliphatic rings. The second-order valence-electron chi connectivity index (χ2n) is 4.20. The van der Waals surface area contributed by atoms with E-state index in [1.165, 1.54) is 19.3 Å². The molecule has 1 atom stereocenters. The molecule has 0 aromatic heterocycles. The van der Waals surface area contributed by atoms with Gasteiger partial charge in [-0.05, 0) is 26.7 Å². The SMILES string of the molecule is CCN(C(=O)[C@@H](C)N)C1CCCCC1. The standard InChI is InChI=1S/C11H22N2O/c1-3-13(11(14)9(2)12)10-7-5-4-6-8-10/h9-10H,3-8,12H2,1-2H3/t9-/m1/s1. The fourth-order valence-corrected chi connectivity index (χ4v) is 2.25. The van der Waals surface area contributed by atoms with E-state index in [2.05, 4.69) is 0 Å². The molecular weight excluding hydrogens is 176 g/mol. The van der Waals surface area contributed by atoms with E-state index in [4.69, 9.17) is 5.73 Å². The van der Waals surface area contributed by atoms with Crippen LogP contribution in [0.3, 0.4) is 0 Å². The molecule has 1 saturated carbocycles. The van der Waals surface area contributed by atoms with E-state index in [1.807, 2.05) is 11.8 Å². The Bertz CT molecular complexity index is 186. The molecule has 2 N–H and O–H groups in total. The molecular formula is C11H22N2O. The van der Waals surface area contributed by atoms with Crippen LogP contribution < -0.4 is 5.73 Å². The van der Waals surface area contributed by atoms with Gasteiger partial charge in [0.1, 0.15) is 0 Å². The minimum Gasteiger partial charge on any atom is -0.339 e. The number of hydrogen-bond donors (Lipinski definition) is 1. The average Bonchev–Trinajstić information content (AvgIpc) is 2.20. The highest BCUT2D eigenvalue weighted by Crippen LogP contribution is 2.22. The van der Waals surface area contributed by atoms with Crippen LogP contribution in [0.1, 0.15) is 46.0 Å². The summed E-state index contributed by atoms with van der Waals surface area (Å²) in [5.74, 6) is 0.111. The Balaban J connectivity index is 2.55. The van der Waals surface area contributed by atoms with Gasteiger partial charge in [-0.15, -0.1) is 0 Å². The molecule has 1 fully saturated rings. The molecule has 0 aliphatic heterocycles. The maximum Gasteiger partial charge on any atom is 0.239 e. The average molecular weight is 198 g/mol. The molecule has 1 amide bonds. The zero-order valence-corrected chi connectivity index (χ0v) is 9.33. The Morgan fingerprint density at radius 3 is 2.43 bits per heavy atom. The lowest BCUT2D eigenvalue weighted by Crippen LogP contribution is -2.48. The van der Waals surface area contributed by atoms with Crippen LogP contribution in [-0.4, -0.2) is 29.4 Å². The van der Waals surface area contributed by atoms with E-state index in [0.29, 0.717) is 6.04 Å².